The summed E-state index contributed by atoms with van der Waals surface area (Å²) < 4.78 is 0. The van der Waals surface area contributed by atoms with E-state index in [1.165, 1.54) is 17.7 Å². The van der Waals surface area contributed by atoms with E-state index in [1.54, 1.807) is 12.4 Å². The Bertz CT molecular complexity index is 550. The smallest absolute Gasteiger partial charge is 0.225 e. The molecular formula is C14H19N5. The van der Waals surface area contributed by atoms with Crippen LogP contribution in [0.5, 0.6) is 0 Å². The van der Waals surface area contributed by atoms with E-state index in [4.69, 9.17) is 0 Å². The van der Waals surface area contributed by atoms with Crippen LogP contribution < -0.4 is 4.90 Å². The Morgan fingerprint density at radius 2 is 2.11 bits per heavy atom. The summed E-state index contributed by atoms with van der Waals surface area (Å²) in [6, 6.07) is 1.85. The monoisotopic (exact) mass is 257 g/mol. The third kappa shape index (κ3) is 2.20. The summed E-state index contributed by atoms with van der Waals surface area (Å²) >= 11 is 0. The van der Waals surface area contributed by atoms with E-state index in [9.17, 15) is 0 Å². The van der Waals surface area contributed by atoms with E-state index in [1.807, 2.05) is 12.3 Å². The van der Waals surface area contributed by atoms with Gasteiger partial charge < -0.3 is 4.90 Å². The van der Waals surface area contributed by atoms with Crippen molar-refractivity contribution in [1.29, 1.82) is 0 Å². The van der Waals surface area contributed by atoms with Crippen molar-refractivity contribution in [3.8, 4) is 0 Å². The Labute approximate surface area is 113 Å². The van der Waals surface area contributed by atoms with Crippen LogP contribution in [0.1, 0.15) is 31.0 Å². The van der Waals surface area contributed by atoms with Crippen LogP contribution in [0.2, 0.25) is 0 Å². The van der Waals surface area contributed by atoms with Crippen LogP contribution in [0.25, 0.3) is 0 Å². The number of aryl methyl sites for hydroxylation is 1. The van der Waals surface area contributed by atoms with Gasteiger partial charge in [-0.3, -0.25) is 5.10 Å². The van der Waals surface area contributed by atoms with Gasteiger partial charge in [0.2, 0.25) is 5.95 Å². The average Bonchev–Trinajstić information content (AvgIpc) is 2.87. The number of hydrogen-bond acceptors (Lipinski definition) is 4. The van der Waals surface area contributed by atoms with Crippen LogP contribution in [-0.2, 0) is 5.41 Å². The maximum Gasteiger partial charge on any atom is 0.225 e. The maximum absolute atomic E-state index is 4.36. The first kappa shape index (κ1) is 12.1. The molecule has 0 saturated carbocycles. The lowest BCUT2D eigenvalue weighted by Gasteiger charge is -2.40. The standard InChI is InChI=1S/C14H19N5/c1-11-9-17-18-12(11)14(2)5-3-8-19(10-14)13-15-6-4-7-16-13/h4,6-7,9H,3,5,8,10H2,1-2H3,(H,17,18). The van der Waals surface area contributed by atoms with Crippen molar-refractivity contribution in [2.24, 2.45) is 0 Å². The van der Waals surface area contributed by atoms with Crippen LogP contribution in [0.3, 0.4) is 0 Å². The highest BCUT2D eigenvalue weighted by molar-refractivity contribution is 5.35. The van der Waals surface area contributed by atoms with Crippen molar-refractivity contribution in [2.45, 2.75) is 32.1 Å². The van der Waals surface area contributed by atoms with Gasteiger partial charge in [-0.05, 0) is 31.4 Å². The molecule has 2 aromatic heterocycles. The molecule has 5 heteroatoms. The molecule has 1 atom stereocenters. The van der Waals surface area contributed by atoms with Crippen molar-refractivity contribution in [3.63, 3.8) is 0 Å². The highest BCUT2D eigenvalue weighted by Gasteiger charge is 2.35. The summed E-state index contributed by atoms with van der Waals surface area (Å²) in [6.07, 6.45) is 7.82. The molecule has 0 amide bonds. The molecule has 1 N–H and O–H groups in total. The number of H-pyrrole nitrogens is 1. The molecule has 19 heavy (non-hydrogen) atoms. The zero-order chi connectivity index (χ0) is 13.3. The van der Waals surface area contributed by atoms with Crippen molar-refractivity contribution in [2.75, 3.05) is 18.0 Å². The summed E-state index contributed by atoms with van der Waals surface area (Å²) in [5.41, 5.74) is 2.57. The molecule has 3 rings (SSSR count). The molecule has 1 saturated heterocycles. The van der Waals surface area contributed by atoms with Crippen LogP contribution in [-0.4, -0.2) is 33.3 Å². The normalized spacial score (nSPS) is 23.6. The fourth-order valence-electron chi connectivity index (χ4n) is 3.03. The van der Waals surface area contributed by atoms with Gasteiger partial charge in [-0.1, -0.05) is 6.92 Å². The molecule has 0 bridgehead atoms. The van der Waals surface area contributed by atoms with E-state index in [0.29, 0.717) is 0 Å². The second-order valence-corrected chi connectivity index (χ2v) is 5.56. The fourth-order valence-corrected chi connectivity index (χ4v) is 3.03. The van der Waals surface area contributed by atoms with Gasteiger partial charge in [-0.15, -0.1) is 0 Å². The highest BCUT2D eigenvalue weighted by Crippen LogP contribution is 2.34. The summed E-state index contributed by atoms with van der Waals surface area (Å²) in [5.74, 6) is 0.825. The lowest BCUT2D eigenvalue weighted by molar-refractivity contribution is 0.360. The first-order valence-corrected chi connectivity index (χ1v) is 6.71. The molecule has 1 fully saturated rings. The van der Waals surface area contributed by atoms with Crippen LogP contribution in [0, 0.1) is 6.92 Å². The number of nitrogens with one attached hydrogen (secondary N) is 1. The molecule has 1 unspecified atom stereocenters. The molecule has 3 heterocycles. The minimum absolute atomic E-state index is 0.0953. The first-order chi connectivity index (χ1) is 9.19. The van der Waals surface area contributed by atoms with Crippen molar-refractivity contribution >= 4 is 5.95 Å². The van der Waals surface area contributed by atoms with Crippen LogP contribution >= 0.6 is 0 Å². The predicted octanol–water partition coefficient (Wildman–Crippen LogP) is 2.07. The lowest BCUT2D eigenvalue weighted by Crippen LogP contribution is -2.45. The summed E-state index contributed by atoms with van der Waals surface area (Å²) in [7, 11) is 0. The average molecular weight is 257 g/mol. The van der Waals surface area contributed by atoms with Crippen LogP contribution in [0.15, 0.2) is 24.7 Å². The van der Waals surface area contributed by atoms with E-state index in [2.05, 4.69) is 38.9 Å². The molecule has 0 spiro atoms. The molecule has 1 aliphatic rings. The molecule has 2 aromatic rings. The topological polar surface area (TPSA) is 57.7 Å². The second-order valence-electron chi connectivity index (χ2n) is 5.56. The summed E-state index contributed by atoms with van der Waals surface area (Å²) in [6.45, 7) is 6.36. The molecule has 5 nitrogen and oxygen atoms in total. The number of nitrogens with zero attached hydrogens (tertiary/aromatic N) is 4. The van der Waals surface area contributed by atoms with Crippen molar-refractivity contribution in [1.82, 2.24) is 20.2 Å². The van der Waals surface area contributed by atoms with Gasteiger partial charge in [0.25, 0.3) is 0 Å². The third-order valence-corrected chi connectivity index (χ3v) is 3.96. The predicted molar refractivity (Wildman–Crippen MR) is 74.2 cm³/mol. The molecule has 100 valence electrons. The third-order valence-electron chi connectivity index (χ3n) is 3.96. The minimum Gasteiger partial charge on any atom is -0.340 e. The Morgan fingerprint density at radius 3 is 2.79 bits per heavy atom. The number of aromatic nitrogens is 4. The number of aromatic amines is 1. The van der Waals surface area contributed by atoms with E-state index >= 15 is 0 Å². The van der Waals surface area contributed by atoms with Gasteiger partial charge in [-0.25, -0.2) is 9.97 Å². The molecule has 0 aromatic carbocycles. The van der Waals surface area contributed by atoms with E-state index < -0.39 is 0 Å². The van der Waals surface area contributed by atoms with Gasteiger partial charge in [0.15, 0.2) is 0 Å². The van der Waals surface area contributed by atoms with Crippen LogP contribution in [0.4, 0.5) is 5.95 Å². The van der Waals surface area contributed by atoms with Gasteiger partial charge >= 0.3 is 0 Å². The number of anilines is 1. The first-order valence-electron chi connectivity index (χ1n) is 6.71. The van der Waals surface area contributed by atoms with Crippen molar-refractivity contribution in [3.05, 3.63) is 35.9 Å². The Kier molecular flexibility index (Phi) is 2.97. The van der Waals surface area contributed by atoms with E-state index in [0.717, 1.165) is 25.5 Å². The molecular weight excluding hydrogens is 238 g/mol. The number of piperidine rings is 1. The number of hydrogen-bond donors (Lipinski definition) is 1. The zero-order valence-corrected chi connectivity index (χ0v) is 11.4. The number of rotatable bonds is 2. The second kappa shape index (κ2) is 4.64. The van der Waals surface area contributed by atoms with E-state index in [-0.39, 0.29) is 5.41 Å². The minimum atomic E-state index is 0.0953. The summed E-state index contributed by atoms with van der Waals surface area (Å²) in [4.78, 5) is 11.0. The Hall–Kier alpha value is -1.91. The summed E-state index contributed by atoms with van der Waals surface area (Å²) in [5, 5.41) is 7.34. The maximum atomic E-state index is 4.36. The SMILES string of the molecule is Cc1cn[nH]c1C1(C)CCCN(c2ncccn2)C1. The Balaban J connectivity index is 1.88. The fraction of sp³-hybridized carbons (Fsp3) is 0.500. The van der Waals surface area contributed by atoms with Crippen molar-refractivity contribution < 1.29 is 0 Å². The van der Waals surface area contributed by atoms with Gasteiger partial charge in [0, 0.05) is 36.6 Å². The highest BCUT2D eigenvalue weighted by atomic mass is 15.3. The van der Waals surface area contributed by atoms with Gasteiger partial charge in [-0.2, -0.15) is 5.10 Å². The molecule has 1 aliphatic heterocycles. The quantitative estimate of drug-likeness (QED) is 0.894. The lowest BCUT2D eigenvalue weighted by atomic mass is 9.78. The zero-order valence-electron chi connectivity index (χ0n) is 11.4. The largest absolute Gasteiger partial charge is 0.340 e. The molecule has 0 radical (unpaired) electrons. The van der Waals surface area contributed by atoms with Gasteiger partial charge in [0.1, 0.15) is 0 Å². The molecule has 0 aliphatic carbocycles. The van der Waals surface area contributed by atoms with Gasteiger partial charge in [0.05, 0.1) is 6.20 Å². The Morgan fingerprint density at radius 1 is 1.32 bits per heavy atom.